The number of fused-ring (bicyclic) bond motifs is 1. The van der Waals surface area contributed by atoms with Gasteiger partial charge >= 0.3 is 12.1 Å². The predicted molar refractivity (Wildman–Crippen MR) is 96.5 cm³/mol. The van der Waals surface area contributed by atoms with E-state index < -0.39 is 12.1 Å². The molecule has 4 heterocycles. The zero-order valence-electron chi connectivity index (χ0n) is 15.8. The maximum Gasteiger partial charge on any atom is 0.490 e. The van der Waals surface area contributed by atoms with Gasteiger partial charge < -0.3 is 14.9 Å². The number of hydrogen-bond donors (Lipinski definition) is 1. The maximum atomic E-state index is 12.7. The Bertz CT molecular complexity index is 947. The summed E-state index contributed by atoms with van der Waals surface area (Å²) in [7, 11) is 1.83. The van der Waals surface area contributed by atoms with E-state index in [2.05, 4.69) is 10.1 Å². The van der Waals surface area contributed by atoms with Crippen molar-refractivity contribution in [1.82, 2.24) is 19.7 Å². The van der Waals surface area contributed by atoms with Gasteiger partial charge in [-0.25, -0.2) is 4.79 Å². The van der Waals surface area contributed by atoms with Gasteiger partial charge in [-0.15, -0.1) is 0 Å². The van der Waals surface area contributed by atoms with Crippen molar-refractivity contribution in [1.29, 1.82) is 0 Å². The second-order valence-corrected chi connectivity index (χ2v) is 6.81. The molecule has 0 radical (unpaired) electrons. The van der Waals surface area contributed by atoms with Crippen molar-refractivity contribution in [2.24, 2.45) is 7.05 Å². The molecule has 2 saturated heterocycles. The fourth-order valence-electron chi connectivity index (χ4n) is 3.62. The van der Waals surface area contributed by atoms with Gasteiger partial charge in [0.15, 0.2) is 0 Å². The van der Waals surface area contributed by atoms with E-state index in [1.54, 1.807) is 40.3 Å². The molecule has 0 saturated carbocycles. The van der Waals surface area contributed by atoms with Crippen molar-refractivity contribution < 1.29 is 32.7 Å². The molecule has 2 fully saturated rings. The summed E-state index contributed by atoms with van der Waals surface area (Å²) in [5.74, 6) is -2.75. The van der Waals surface area contributed by atoms with Crippen LogP contribution in [0, 0.1) is 0 Å². The Balaban J connectivity index is 0.000000318. The number of halogens is 3. The molecule has 9 nitrogen and oxygen atoms in total. The summed E-state index contributed by atoms with van der Waals surface area (Å²) in [5.41, 5.74) is 1.38. The van der Waals surface area contributed by atoms with Crippen LogP contribution in [0.2, 0.25) is 0 Å². The van der Waals surface area contributed by atoms with Crippen LogP contribution in [0.4, 0.5) is 18.9 Å². The molecule has 4 rings (SSSR count). The van der Waals surface area contributed by atoms with Crippen molar-refractivity contribution in [3.63, 3.8) is 0 Å². The van der Waals surface area contributed by atoms with Gasteiger partial charge in [-0.2, -0.15) is 18.3 Å². The van der Waals surface area contributed by atoms with Crippen molar-refractivity contribution in [3.8, 4) is 0 Å². The van der Waals surface area contributed by atoms with Crippen LogP contribution in [0.15, 0.2) is 36.9 Å². The van der Waals surface area contributed by atoms with Gasteiger partial charge in [0.05, 0.1) is 29.5 Å². The topological polar surface area (TPSA) is 109 Å². The van der Waals surface area contributed by atoms with Gasteiger partial charge in [0.2, 0.25) is 5.91 Å². The first-order valence-electron chi connectivity index (χ1n) is 8.91. The average molecular weight is 425 g/mol. The van der Waals surface area contributed by atoms with Crippen LogP contribution in [0.3, 0.4) is 0 Å². The van der Waals surface area contributed by atoms with Gasteiger partial charge in [-0.1, -0.05) is 0 Å². The number of rotatable bonds is 2. The largest absolute Gasteiger partial charge is 0.490 e. The third-order valence-electron chi connectivity index (χ3n) is 4.88. The number of carboxylic acids is 1. The number of carbonyl (C=O) groups is 3. The molecular formula is C18H18F3N5O4. The van der Waals surface area contributed by atoms with E-state index in [1.807, 2.05) is 18.1 Å². The highest BCUT2D eigenvalue weighted by Gasteiger charge is 2.49. The zero-order valence-corrected chi connectivity index (χ0v) is 15.8. The number of anilines is 1. The van der Waals surface area contributed by atoms with Gasteiger partial charge in [-0.05, 0) is 18.6 Å². The molecule has 30 heavy (non-hydrogen) atoms. The molecule has 2 amide bonds. The van der Waals surface area contributed by atoms with Crippen LogP contribution < -0.4 is 4.90 Å². The van der Waals surface area contributed by atoms with E-state index in [1.165, 1.54) is 0 Å². The summed E-state index contributed by atoms with van der Waals surface area (Å²) < 4.78 is 33.4. The first-order valence-corrected chi connectivity index (χ1v) is 8.91. The quantitative estimate of drug-likeness (QED) is 0.781. The zero-order chi connectivity index (χ0) is 22.1. The average Bonchev–Trinajstić information content (AvgIpc) is 3.36. The van der Waals surface area contributed by atoms with Crippen molar-refractivity contribution in [2.45, 2.75) is 31.1 Å². The Labute approximate surface area is 168 Å². The summed E-state index contributed by atoms with van der Waals surface area (Å²) in [6.45, 7) is 0.660. The van der Waals surface area contributed by atoms with Crippen LogP contribution >= 0.6 is 0 Å². The van der Waals surface area contributed by atoms with Crippen LogP contribution in [-0.4, -0.2) is 67.4 Å². The smallest absolute Gasteiger partial charge is 0.475 e. The number of carboxylic acid groups (broad SMARTS) is 1. The molecule has 0 spiro atoms. The molecular weight excluding hydrogens is 407 g/mol. The van der Waals surface area contributed by atoms with E-state index in [-0.39, 0.29) is 23.9 Å². The monoisotopic (exact) mass is 425 g/mol. The van der Waals surface area contributed by atoms with Gasteiger partial charge in [0.25, 0.3) is 5.91 Å². The SMILES string of the molecule is Cn1cc(N2C(=O)C[C@@H]3[C@@H]2CCN3C(=O)c2cccnc2)cn1.O=C(O)C(F)(F)F. The third-order valence-corrected chi connectivity index (χ3v) is 4.88. The summed E-state index contributed by atoms with van der Waals surface area (Å²) in [4.78, 5) is 41.6. The van der Waals surface area contributed by atoms with E-state index in [4.69, 9.17) is 9.90 Å². The summed E-state index contributed by atoms with van der Waals surface area (Å²) in [6.07, 6.45) is 2.83. The lowest BCUT2D eigenvalue weighted by Crippen LogP contribution is -2.40. The molecule has 2 aliphatic heterocycles. The maximum absolute atomic E-state index is 12.7. The van der Waals surface area contributed by atoms with Crippen molar-refractivity contribution in [2.75, 3.05) is 11.4 Å². The molecule has 0 bridgehead atoms. The number of alkyl halides is 3. The molecule has 0 aliphatic carbocycles. The summed E-state index contributed by atoms with van der Waals surface area (Å²) >= 11 is 0. The number of nitrogens with zero attached hydrogens (tertiary/aromatic N) is 5. The number of carbonyl (C=O) groups excluding carboxylic acids is 2. The Morgan fingerprint density at radius 2 is 1.93 bits per heavy atom. The van der Waals surface area contributed by atoms with Crippen LogP contribution in [0.5, 0.6) is 0 Å². The minimum Gasteiger partial charge on any atom is -0.475 e. The van der Waals surface area contributed by atoms with Crippen molar-refractivity contribution in [3.05, 3.63) is 42.5 Å². The third kappa shape index (κ3) is 4.26. The Kier molecular flexibility index (Phi) is 5.76. The first-order chi connectivity index (χ1) is 14.1. The van der Waals surface area contributed by atoms with Crippen LogP contribution in [-0.2, 0) is 16.6 Å². The number of amides is 2. The Morgan fingerprint density at radius 1 is 1.23 bits per heavy atom. The van der Waals surface area contributed by atoms with E-state index in [0.717, 1.165) is 12.1 Å². The van der Waals surface area contributed by atoms with Crippen molar-refractivity contribution >= 4 is 23.5 Å². The number of aryl methyl sites for hydroxylation is 1. The fourth-order valence-corrected chi connectivity index (χ4v) is 3.62. The lowest BCUT2D eigenvalue weighted by molar-refractivity contribution is -0.192. The van der Waals surface area contributed by atoms with E-state index in [9.17, 15) is 22.8 Å². The first kappa shape index (κ1) is 21.3. The molecule has 2 aromatic rings. The van der Waals surface area contributed by atoms with Crippen LogP contribution in [0.1, 0.15) is 23.2 Å². The molecule has 0 unspecified atom stereocenters. The summed E-state index contributed by atoms with van der Waals surface area (Å²) in [6, 6.07) is 3.48. The number of hydrogen-bond acceptors (Lipinski definition) is 5. The highest BCUT2D eigenvalue weighted by Crippen LogP contribution is 2.36. The number of likely N-dealkylation sites (tertiary alicyclic amines) is 1. The van der Waals surface area contributed by atoms with E-state index in [0.29, 0.717) is 18.5 Å². The lowest BCUT2D eigenvalue weighted by atomic mass is 10.1. The Hall–Kier alpha value is -3.44. The molecule has 160 valence electrons. The molecule has 12 heteroatoms. The number of aliphatic carboxylic acids is 1. The standard InChI is InChI=1S/C16H17N5O2.C2HF3O2/c1-19-10-12(9-18-19)21-13-4-6-20(14(13)7-15(21)22)16(23)11-3-2-5-17-8-11;3-2(4,5)1(6)7/h2-3,5,8-10,13-14H,4,6-7H2,1H3;(H,6,7)/t13-,14+;/m0./s1. The molecule has 1 N–H and O–H groups in total. The fraction of sp³-hybridized carbons (Fsp3) is 0.389. The number of aromatic nitrogens is 3. The minimum atomic E-state index is -5.08. The second kappa shape index (κ2) is 8.13. The molecule has 2 aliphatic rings. The van der Waals surface area contributed by atoms with E-state index >= 15 is 0 Å². The predicted octanol–water partition coefficient (Wildman–Crippen LogP) is 1.47. The minimum absolute atomic E-state index is 0.0346. The Morgan fingerprint density at radius 3 is 2.47 bits per heavy atom. The normalized spacial score (nSPS) is 20.6. The molecule has 0 aromatic carbocycles. The summed E-state index contributed by atoms with van der Waals surface area (Å²) in [5, 5.41) is 11.3. The van der Waals surface area contributed by atoms with Gasteiger partial charge in [0.1, 0.15) is 0 Å². The molecule has 2 aromatic heterocycles. The van der Waals surface area contributed by atoms with Crippen LogP contribution in [0.25, 0.3) is 0 Å². The highest BCUT2D eigenvalue weighted by atomic mass is 19.4. The lowest BCUT2D eigenvalue weighted by Gasteiger charge is -2.24. The molecule has 2 atom stereocenters. The second-order valence-electron chi connectivity index (χ2n) is 6.81. The van der Waals surface area contributed by atoms with Gasteiger partial charge in [-0.3, -0.25) is 19.3 Å². The number of pyridine rings is 1. The highest BCUT2D eigenvalue weighted by molar-refractivity contribution is 6.00. The van der Waals surface area contributed by atoms with Gasteiger partial charge in [0, 0.05) is 38.6 Å².